The molecular weight excluding hydrogens is 339 g/mol. The van der Waals surface area contributed by atoms with Crippen LogP contribution >= 0.6 is 0 Å². The molecule has 0 bridgehead atoms. The first-order valence-corrected chi connectivity index (χ1v) is 7.97. The summed E-state index contributed by atoms with van der Waals surface area (Å²) in [6.07, 6.45) is 0.0577. The molecule has 0 unspecified atom stereocenters. The highest BCUT2D eigenvalue weighted by molar-refractivity contribution is 6.30. The van der Waals surface area contributed by atoms with Gasteiger partial charge in [0.05, 0.1) is 0 Å². The monoisotopic (exact) mass is 354 g/mol. The summed E-state index contributed by atoms with van der Waals surface area (Å²) in [6.45, 7) is 1.63. The third kappa shape index (κ3) is 2.57. The van der Waals surface area contributed by atoms with E-state index < -0.39 is 35.0 Å². The fourth-order valence-electron chi connectivity index (χ4n) is 3.04. The van der Waals surface area contributed by atoms with E-state index in [1.807, 2.05) is 0 Å². The lowest BCUT2D eigenvalue weighted by Gasteiger charge is -2.38. The zero-order valence-corrected chi connectivity index (χ0v) is 13.9. The van der Waals surface area contributed by atoms with E-state index in [0.29, 0.717) is 10.5 Å². The van der Waals surface area contributed by atoms with Crippen molar-refractivity contribution in [2.24, 2.45) is 0 Å². The van der Waals surface area contributed by atoms with Crippen LogP contribution in [0.15, 0.2) is 54.6 Å². The third-order valence-electron chi connectivity index (χ3n) is 4.47. The van der Waals surface area contributed by atoms with E-state index in [1.54, 1.807) is 37.3 Å². The van der Waals surface area contributed by atoms with Crippen LogP contribution in [0.1, 0.15) is 29.3 Å². The van der Waals surface area contributed by atoms with Crippen LogP contribution in [0.4, 0.5) is 9.18 Å². The number of barbiturate groups is 1. The van der Waals surface area contributed by atoms with Crippen molar-refractivity contribution in [1.29, 1.82) is 0 Å². The number of carbonyl (C=O) groups is 4. The molecule has 1 heterocycles. The molecule has 1 aliphatic rings. The van der Waals surface area contributed by atoms with Crippen LogP contribution in [0.5, 0.6) is 0 Å². The number of imide groups is 4. The molecule has 26 heavy (non-hydrogen) atoms. The summed E-state index contributed by atoms with van der Waals surface area (Å²) in [4.78, 5) is 51.0. The number of nitrogens with one attached hydrogen (secondary N) is 1. The van der Waals surface area contributed by atoms with Crippen LogP contribution in [0.3, 0.4) is 0 Å². The number of hydrogen-bond donors (Lipinski definition) is 1. The average Bonchev–Trinajstić information content (AvgIpc) is 2.63. The molecule has 6 nitrogen and oxygen atoms in total. The largest absolute Gasteiger partial charge is 0.338 e. The average molecular weight is 354 g/mol. The van der Waals surface area contributed by atoms with Crippen LogP contribution < -0.4 is 5.32 Å². The second-order valence-corrected chi connectivity index (χ2v) is 5.84. The van der Waals surface area contributed by atoms with E-state index in [2.05, 4.69) is 5.32 Å². The summed E-state index contributed by atoms with van der Waals surface area (Å²) < 4.78 is 13.1. The normalized spacial score (nSPS) is 20.1. The summed E-state index contributed by atoms with van der Waals surface area (Å²) >= 11 is 0. The third-order valence-corrected chi connectivity index (χ3v) is 4.47. The van der Waals surface area contributed by atoms with Gasteiger partial charge in [0.25, 0.3) is 11.8 Å². The van der Waals surface area contributed by atoms with Crippen molar-refractivity contribution in [3.63, 3.8) is 0 Å². The van der Waals surface area contributed by atoms with E-state index >= 15 is 0 Å². The van der Waals surface area contributed by atoms with E-state index in [1.165, 1.54) is 12.1 Å². The first kappa shape index (κ1) is 17.5. The Morgan fingerprint density at radius 1 is 1.04 bits per heavy atom. The maximum Gasteiger partial charge on any atom is 0.338 e. The van der Waals surface area contributed by atoms with Crippen molar-refractivity contribution in [1.82, 2.24) is 10.2 Å². The standard InChI is InChI=1S/C19H15FN2O4/c1-2-19(13-6-4-3-5-7-13)16(24)21-18(26)22(17(19)25)15(23)12-8-10-14(20)11-9-12/h3-11H,2H2,1H3,(H,21,24,26)/t19-/m0/s1. The van der Waals surface area contributed by atoms with Gasteiger partial charge < -0.3 is 0 Å². The smallest absolute Gasteiger partial charge is 0.276 e. The number of halogens is 1. The van der Waals surface area contributed by atoms with Crippen molar-refractivity contribution in [2.75, 3.05) is 0 Å². The zero-order valence-electron chi connectivity index (χ0n) is 13.9. The molecule has 132 valence electrons. The summed E-state index contributed by atoms with van der Waals surface area (Å²) in [5.74, 6) is -3.18. The Morgan fingerprint density at radius 2 is 1.65 bits per heavy atom. The molecule has 0 saturated carbocycles. The molecule has 1 aliphatic heterocycles. The van der Waals surface area contributed by atoms with Crippen molar-refractivity contribution in [3.05, 3.63) is 71.5 Å². The van der Waals surface area contributed by atoms with E-state index in [4.69, 9.17) is 0 Å². The molecule has 3 rings (SSSR count). The van der Waals surface area contributed by atoms with Gasteiger partial charge in [0.2, 0.25) is 5.91 Å². The highest BCUT2D eigenvalue weighted by atomic mass is 19.1. The van der Waals surface area contributed by atoms with Gasteiger partial charge in [-0.25, -0.2) is 9.18 Å². The minimum Gasteiger partial charge on any atom is -0.276 e. The number of rotatable bonds is 3. The van der Waals surface area contributed by atoms with E-state index in [0.717, 1.165) is 12.1 Å². The maximum atomic E-state index is 13.1. The number of urea groups is 1. The molecular formula is C19H15FN2O4. The minimum absolute atomic E-state index is 0.0395. The van der Waals surface area contributed by atoms with Gasteiger partial charge in [0.15, 0.2) is 5.41 Å². The number of benzene rings is 2. The Bertz CT molecular complexity index is 896. The van der Waals surface area contributed by atoms with Gasteiger partial charge in [-0.3, -0.25) is 19.7 Å². The summed E-state index contributed by atoms with van der Waals surface area (Å²) in [5.41, 5.74) is -1.35. The van der Waals surface area contributed by atoms with Crippen LogP contribution in [-0.4, -0.2) is 28.7 Å². The fourth-order valence-corrected chi connectivity index (χ4v) is 3.04. The second kappa shape index (κ2) is 6.51. The predicted molar refractivity (Wildman–Crippen MR) is 89.5 cm³/mol. The van der Waals surface area contributed by atoms with Crippen molar-refractivity contribution in [3.8, 4) is 0 Å². The number of hydrogen-bond acceptors (Lipinski definition) is 4. The molecule has 0 radical (unpaired) electrons. The van der Waals surface area contributed by atoms with Crippen molar-refractivity contribution >= 4 is 23.8 Å². The lowest BCUT2D eigenvalue weighted by atomic mass is 9.74. The summed E-state index contributed by atoms with van der Waals surface area (Å²) in [7, 11) is 0. The van der Waals surface area contributed by atoms with Gasteiger partial charge >= 0.3 is 6.03 Å². The molecule has 7 heteroatoms. The molecule has 0 spiro atoms. The topological polar surface area (TPSA) is 83.6 Å². The molecule has 1 fully saturated rings. The maximum absolute atomic E-state index is 13.1. The molecule has 0 aliphatic carbocycles. The predicted octanol–water partition coefficient (Wildman–Crippen LogP) is 2.39. The van der Waals surface area contributed by atoms with Gasteiger partial charge in [-0.05, 0) is 36.2 Å². The quantitative estimate of drug-likeness (QED) is 0.678. The second-order valence-electron chi connectivity index (χ2n) is 5.84. The van der Waals surface area contributed by atoms with Crippen LogP contribution in [0, 0.1) is 5.82 Å². The SMILES string of the molecule is CC[C@]1(c2ccccc2)C(=O)NC(=O)N(C(=O)c2ccc(F)cc2)C1=O. The highest BCUT2D eigenvalue weighted by Crippen LogP contribution is 2.34. The lowest BCUT2D eigenvalue weighted by Crippen LogP contribution is -2.67. The van der Waals surface area contributed by atoms with Gasteiger partial charge in [-0.15, -0.1) is 0 Å². The van der Waals surface area contributed by atoms with Crippen LogP contribution in [0.2, 0.25) is 0 Å². The van der Waals surface area contributed by atoms with Crippen molar-refractivity contribution < 1.29 is 23.6 Å². The van der Waals surface area contributed by atoms with Gasteiger partial charge in [0.1, 0.15) is 5.82 Å². The molecule has 2 aromatic carbocycles. The Morgan fingerprint density at radius 3 is 2.23 bits per heavy atom. The first-order valence-electron chi connectivity index (χ1n) is 7.97. The number of amides is 5. The Kier molecular flexibility index (Phi) is 4.38. The zero-order chi connectivity index (χ0) is 18.9. The van der Waals surface area contributed by atoms with Gasteiger partial charge in [0, 0.05) is 5.56 Å². The fraction of sp³-hybridized carbons (Fsp3) is 0.158. The van der Waals surface area contributed by atoms with Gasteiger partial charge in [-0.1, -0.05) is 37.3 Å². The molecule has 1 N–H and O–H groups in total. The van der Waals surface area contributed by atoms with Crippen LogP contribution in [0.25, 0.3) is 0 Å². The molecule has 5 amide bonds. The summed E-state index contributed by atoms with van der Waals surface area (Å²) in [6, 6.07) is 11.6. The Balaban J connectivity index is 2.08. The number of carbonyl (C=O) groups excluding carboxylic acids is 4. The minimum atomic E-state index is -1.69. The Labute approximate surface area is 148 Å². The Hall–Kier alpha value is -3.35. The highest BCUT2D eigenvalue weighted by Gasteiger charge is 2.55. The lowest BCUT2D eigenvalue weighted by molar-refractivity contribution is -0.143. The molecule has 2 aromatic rings. The number of nitrogens with zero attached hydrogens (tertiary/aromatic N) is 1. The first-order chi connectivity index (χ1) is 12.4. The van der Waals surface area contributed by atoms with Crippen molar-refractivity contribution in [2.45, 2.75) is 18.8 Å². The molecule has 0 aromatic heterocycles. The van der Waals surface area contributed by atoms with Gasteiger partial charge in [-0.2, -0.15) is 4.90 Å². The van der Waals surface area contributed by atoms with E-state index in [9.17, 15) is 23.6 Å². The van der Waals surface area contributed by atoms with E-state index in [-0.39, 0.29) is 12.0 Å². The molecule has 1 atom stereocenters. The van der Waals surface area contributed by atoms with Crippen LogP contribution in [-0.2, 0) is 15.0 Å². The summed E-state index contributed by atoms with van der Waals surface area (Å²) in [5, 5.41) is 2.09. The molecule has 1 saturated heterocycles.